The minimum atomic E-state index is -0.0100. The number of likely N-dealkylation sites (tertiary alicyclic amines) is 1. The van der Waals surface area contributed by atoms with Gasteiger partial charge in [0.1, 0.15) is 0 Å². The molecule has 1 amide bonds. The Kier molecular flexibility index (Phi) is 6.66. The van der Waals surface area contributed by atoms with Crippen molar-refractivity contribution in [3.05, 3.63) is 59.2 Å². The second-order valence-electron chi connectivity index (χ2n) is 7.44. The summed E-state index contributed by atoms with van der Waals surface area (Å²) in [6.07, 6.45) is 3.57. The van der Waals surface area contributed by atoms with Crippen LogP contribution >= 0.6 is 0 Å². The number of hydrogen-bond donors (Lipinski definition) is 4. The van der Waals surface area contributed by atoms with Crippen LogP contribution in [0.1, 0.15) is 36.5 Å². The first-order valence-electron chi connectivity index (χ1n) is 9.74. The van der Waals surface area contributed by atoms with Gasteiger partial charge in [-0.3, -0.25) is 9.69 Å². The Hall–Kier alpha value is -2.86. The molecule has 3 rings (SSSR count). The van der Waals surface area contributed by atoms with Gasteiger partial charge in [-0.15, -0.1) is 0 Å². The Morgan fingerprint density at radius 1 is 1.29 bits per heavy atom. The topological polar surface area (TPSA) is 94.2 Å². The smallest absolute Gasteiger partial charge is 0.217 e. The van der Waals surface area contributed by atoms with Crippen LogP contribution in [0.5, 0.6) is 0 Å². The summed E-state index contributed by atoms with van der Waals surface area (Å²) in [5, 5.41) is 13.9. The Labute approximate surface area is 166 Å². The van der Waals surface area contributed by atoms with Gasteiger partial charge in [-0.05, 0) is 48.7 Å². The number of hydrogen-bond acceptors (Lipinski definition) is 5. The van der Waals surface area contributed by atoms with Gasteiger partial charge in [0.05, 0.1) is 0 Å². The van der Waals surface area contributed by atoms with Gasteiger partial charge in [0.15, 0.2) is 0 Å². The van der Waals surface area contributed by atoms with Crippen LogP contribution in [-0.2, 0) is 17.9 Å². The number of nitrogens with one attached hydrogen (secondary N) is 3. The van der Waals surface area contributed by atoms with Gasteiger partial charge < -0.3 is 21.8 Å². The molecule has 0 bridgehead atoms. The Morgan fingerprint density at radius 2 is 2.11 bits per heavy atom. The van der Waals surface area contributed by atoms with Crippen molar-refractivity contribution in [1.82, 2.24) is 10.2 Å². The highest BCUT2D eigenvalue weighted by Crippen LogP contribution is 2.21. The zero-order chi connectivity index (χ0) is 19.9. The number of piperidine rings is 1. The van der Waals surface area contributed by atoms with Gasteiger partial charge in [-0.25, -0.2) is 0 Å². The van der Waals surface area contributed by atoms with E-state index in [4.69, 9.17) is 11.1 Å². The quantitative estimate of drug-likeness (QED) is 0.439. The number of nitrogens with zero attached hydrogens (tertiary/aromatic N) is 1. The maximum atomic E-state index is 11.1. The molecule has 0 aromatic heterocycles. The summed E-state index contributed by atoms with van der Waals surface area (Å²) in [5.74, 6) is -0.0100. The van der Waals surface area contributed by atoms with E-state index in [0.29, 0.717) is 18.3 Å². The SMILES string of the molecule is CC(=O)NCc1cccc(CN2CCCC(Nc3ccc(N)c(C=N)c3)C2)c1. The van der Waals surface area contributed by atoms with E-state index in [-0.39, 0.29) is 5.91 Å². The van der Waals surface area contributed by atoms with E-state index >= 15 is 0 Å². The van der Waals surface area contributed by atoms with Crippen LogP contribution in [0.4, 0.5) is 11.4 Å². The summed E-state index contributed by atoms with van der Waals surface area (Å²) < 4.78 is 0. The van der Waals surface area contributed by atoms with E-state index in [2.05, 4.69) is 33.7 Å². The summed E-state index contributed by atoms with van der Waals surface area (Å²) >= 11 is 0. The van der Waals surface area contributed by atoms with E-state index in [1.165, 1.54) is 18.7 Å². The molecule has 0 spiro atoms. The molecule has 0 radical (unpaired) electrons. The summed E-state index contributed by atoms with van der Waals surface area (Å²) in [7, 11) is 0. The Morgan fingerprint density at radius 3 is 2.89 bits per heavy atom. The van der Waals surface area contributed by atoms with Crippen LogP contribution < -0.4 is 16.4 Å². The summed E-state index contributed by atoms with van der Waals surface area (Å²) in [4.78, 5) is 13.6. The molecule has 5 N–H and O–H groups in total. The number of carbonyl (C=O) groups is 1. The average Bonchev–Trinajstić information content (AvgIpc) is 2.68. The monoisotopic (exact) mass is 379 g/mol. The maximum absolute atomic E-state index is 11.1. The van der Waals surface area contributed by atoms with Gasteiger partial charge in [0.2, 0.25) is 5.91 Å². The van der Waals surface area contributed by atoms with Crippen LogP contribution in [0.15, 0.2) is 42.5 Å². The fourth-order valence-corrected chi connectivity index (χ4v) is 3.66. The van der Waals surface area contributed by atoms with Crippen molar-refractivity contribution in [2.24, 2.45) is 0 Å². The maximum Gasteiger partial charge on any atom is 0.217 e. The van der Waals surface area contributed by atoms with Crippen molar-refractivity contribution < 1.29 is 4.79 Å². The lowest BCUT2D eigenvalue weighted by molar-refractivity contribution is -0.119. The number of nitrogens with two attached hydrogens (primary N) is 1. The molecule has 0 aliphatic carbocycles. The van der Waals surface area contributed by atoms with Gasteiger partial charge in [0.25, 0.3) is 0 Å². The molecule has 6 nitrogen and oxygen atoms in total. The number of anilines is 2. The van der Waals surface area contributed by atoms with Gasteiger partial charge in [-0.2, -0.15) is 0 Å². The fourth-order valence-electron chi connectivity index (χ4n) is 3.66. The molecule has 1 unspecified atom stereocenters. The molecule has 1 aliphatic heterocycles. The first-order chi connectivity index (χ1) is 13.5. The minimum absolute atomic E-state index is 0.0100. The van der Waals surface area contributed by atoms with Gasteiger partial charge in [0, 0.05) is 55.8 Å². The van der Waals surface area contributed by atoms with Crippen molar-refractivity contribution in [3.63, 3.8) is 0 Å². The first kappa shape index (κ1) is 19.9. The second kappa shape index (κ2) is 9.37. The molecule has 0 saturated carbocycles. The molecule has 28 heavy (non-hydrogen) atoms. The van der Waals surface area contributed by atoms with Crippen molar-refractivity contribution in [3.8, 4) is 0 Å². The Bertz CT molecular complexity index is 835. The molecule has 148 valence electrons. The van der Waals surface area contributed by atoms with E-state index in [1.54, 1.807) is 0 Å². The zero-order valence-electron chi connectivity index (χ0n) is 16.4. The number of nitrogen functional groups attached to an aromatic ring is 1. The first-order valence-corrected chi connectivity index (χ1v) is 9.74. The standard InChI is InChI=1S/C22H29N5O/c1-16(28)25-13-17-4-2-5-18(10-17)14-27-9-3-6-21(15-27)26-20-7-8-22(24)19(11-20)12-23/h2,4-5,7-8,10-12,21,23,26H,3,6,9,13-15,24H2,1H3,(H,25,28). The molecular formula is C22H29N5O. The van der Waals surface area contributed by atoms with Crippen LogP contribution in [0, 0.1) is 5.41 Å². The lowest BCUT2D eigenvalue weighted by Gasteiger charge is -2.34. The number of amides is 1. The number of rotatable bonds is 7. The molecule has 2 aromatic rings. The van der Waals surface area contributed by atoms with Crippen LogP contribution in [0.2, 0.25) is 0 Å². The number of carbonyl (C=O) groups excluding carboxylic acids is 1. The molecule has 6 heteroatoms. The summed E-state index contributed by atoms with van der Waals surface area (Å²) in [6.45, 7) is 5.07. The van der Waals surface area contributed by atoms with Crippen LogP contribution in [0.25, 0.3) is 0 Å². The van der Waals surface area contributed by atoms with E-state index in [1.807, 2.05) is 24.3 Å². The fraction of sp³-hybridized carbons (Fsp3) is 0.364. The molecule has 1 atom stereocenters. The molecule has 1 aliphatic rings. The minimum Gasteiger partial charge on any atom is -0.398 e. The van der Waals surface area contributed by atoms with Gasteiger partial charge in [-0.1, -0.05) is 24.3 Å². The molecule has 2 aromatic carbocycles. The Balaban J connectivity index is 1.58. The van der Waals surface area contributed by atoms with Crippen LogP contribution in [-0.4, -0.2) is 36.2 Å². The summed E-state index contributed by atoms with van der Waals surface area (Å²) in [5.41, 5.74) is 10.7. The van der Waals surface area contributed by atoms with Gasteiger partial charge >= 0.3 is 0 Å². The van der Waals surface area contributed by atoms with E-state index in [9.17, 15) is 4.79 Å². The highest BCUT2D eigenvalue weighted by atomic mass is 16.1. The molecule has 1 heterocycles. The van der Waals surface area contributed by atoms with Crippen LogP contribution in [0.3, 0.4) is 0 Å². The number of benzene rings is 2. The average molecular weight is 380 g/mol. The predicted octanol–water partition coefficient (Wildman–Crippen LogP) is 2.98. The third-order valence-corrected chi connectivity index (χ3v) is 5.06. The third kappa shape index (κ3) is 5.57. The normalized spacial score (nSPS) is 17.1. The van der Waals surface area contributed by atoms with Crippen molar-refractivity contribution in [2.45, 2.75) is 38.9 Å². The largest absolute Gasteiger partial charge is 0.398 e. The van der Waals surface area contributed by atoms with E-state index in [0.717, 1.165) is 49.3 Å². The van der Waals surface area contributed by atoms with Crippen molar-refractivity contribution in [1.29, 1.82) is 5.41 Å². The van der Waals surface area contributed by atoms with E-state index < -0.39 is 0 Å². The molecule has 1 fully saturated rings. The molecular weight excluding hydrogens is 350 g/mol. The lowest BCUT2D eigenvalue weighted by atomic mass is 10.0. The third-order valence-electron chi connectivity index (χ3n) is 5.06. The highest BCUT2D eigenvalue weighted by molar-refractivity contribution is 5.86. The van der Waals surface area contributed by atoms with Crippen molar-refractivity contribution in [2.75, 3.05) is 24.1 Å². The summed E-state index contributed by atoms with van der Waals surface area (Å²) in [6, 6.07) is 14.6. The lowest BCUT2D eigenvalue weighted by Crippen LogP contribution is -2.41. The highest BCUT2D eigenvalue weighted by Gasteiger charge is 2.20. The second-order valence-corrected chi connectivity index (χ2v) is 7.44. The predicted molar refractivity (Wildman–Crippen MR) is 115 cm³/mol. The van der Waals surface area contributed by atoms with Crippen molar-refractivity contribution >= 4 is 23.5 Å². The zero-order valence-corrected chi connectivity index (χ0v) is 16.4. The molecule has 1 saturated heterocycles.